The molecule has 0 unspecified atom stereocenters. The van der Waals surface area contributed by atoms with Crippen molar-refractivity contribution in [2.75, 3.05) is 25.1 Å². The van der Waals surface area contributed by atoms with Crippen LogP contribution in [0.5, 0.6) is 0 Å². The first-order valence-electron chi connectivity index (χ1n) is 5.77. The smallest absolute Gasteiger partial charge is 0.257 e. The van der Waals surface area contributed by atoms with E-state index in [1.165, 1.54) is 6.20 Å². The predicted octanol–water partition coefficient (Wildman–Crippen LogP) is 1.05. The summed E-state index contributed by atoms with van der Waals surface area (Å²) in [4.78, 5) is 6.73. The summed E-state index contributed by atoms with van der Waals surface area (Å²) in [6, 6.07) is 0. The standard InChI is InChI=1S/C10H18BrN3O3S/c1-2-9-12-8-10(14-9)18(15,16)13-5-3-6-17-7-4-11/h8,13H,2-7H2,1H3,(H,12,14). The van der Waals surface area contributed by atoms with Crippen molar-refractivity contribution in [3.05, 3.63) is 12.0 Å². The monoisotopic (exact) mass is 339 g/mol. The molecule has 6 nitrogen and oxygen atoms in total. The molecular formula is C10H18BrN3O3S. The molecular weight excluding hydrogens is 322 g/mol. The third-order valence-electron chi connectivity index (χ3n) is 2.21. The van der Waals surface area contributed by atoms with Crippen LogP contribution in [0.25, 0.3) is 0 Å². The first-order chi connectivity index (χ1) is 8.60. The average Bonchev–Trinajstić information content (AvgIpc) is 2.83. The molecule has 0 saturated carbocycles. The molecule has 1 aromatic heterocycles. The number of ether oxygens (including phenoxy) is 1. The molecule has 0 aliphatic carbocycles. The molecule has 0 amide bonds. The Morgan fingerprint density at radius 1 is 1.50 bits per heavy atom. The fraction of sp³-hybridized carbons (Fsp3) is 0.700. The van der Waals surface area contributed by atoms with Crippen LogP contribution in [0, 0.1) is 0 Å². The van der Waals surface area contributed by atoms with Crippen molar-refractivity contribution in [1.82, 2.24) is 14.7 Å². The molecule has 104 valence electrons. The zero-order chi connectivity index (χ0) is 13.4. The number of sulfonamides is 1. The van der Waals surface area contributed by atoms with Crippen LogP contribution in [0.1, 0.15) is 19.2 Å². The zero-order valence-electron chi connectivity index (χ0n) is 10.3. The average molecular weight is 340 g/mol. The van der Waals surface area contributed by atoms with Gasteiger partial charge in [-0.2, -0.15) is 0 Å². The highest BCUT2D eigenvalue weighted by molar-refractivity contribution is 9.09. The number of nitrogens with zero attached hydrogens (tertiary/aromatic N) is 1. The lowest BCUT2D eigenvalue weighted by atomic mass is 10.5. The van der Waals surface area contributed by atoms with Crippen molar-refractivity contribution in [2.24, 2.45) is 0 Å². The van der Waals surface area contributed by atoms with E-state index < -0.39 is 10.0 Å². The van der Waals surface area contributed by atoms with E-state index in [0.29, 0.717) is 38.4 Å². The van der Waals surface area contributed by atoms with Crippen molar-refractivity contribution in [3.63, 3.8) is 0 Å². The topological polar surface area (TPSA) is 84.1 Å². The van der Waals surface area contributed by atoms with Crippen LogP contribution in [-0.2, 0) is 21.2 Å². The highest BCUT2D eigenvalue weighted by Gasteiger charge is 2.15. The summed E-state index contributed by atoms with van der Waals surface area (Å²) in [6.07, 6.45) is 2.65. The third kappa shape index (κ3) is 5.05. The number of rotatable bonds is 9. The Bertz CT molecular complexity index is 447. The van der Waals surface area contributed by atoms with Crippen LogP contribution in [0.3, 0.4) is 0 Å². The highest BCUT2D eigenvalue weighted by atomic mass is 79.9. The second-order valence-corrected chi connectivity index (χ2v) is 6.13. The summed E-state index contributed by atoms with van der Waals surface area (Å²) in [5, 5.41) is 0.896. The van der Waals surface area contributed by atoms with Crippen LogP contribution in [0.15, 0.2) is 11.2 Å². The Morgan fingerprint density at radius 3 is 2.89 bits per heavy atom. The number of aromatic amines is 1. The number of imidazole rings is 1. The number of hydrogen-bond acceptors (Lipinski definition) is 4. The second-order valence-electron chi connectivity index (χ2n) is 3.60. The van der Waals surface area contributed by atoms with Gasteiger partial charge in [-0.1, -0.05) is 22.9 Å². The van der Waals surface area contributed by atoms with E-state index in [4.69, 9.17) is 4.74 Å². The maximum atomic E-state index is 11.8. The van der Waals surface area contributed by atoms with E-state index in [9.17, 15) is 8.42 Å². The molecule has 1 aromatic rings. The lowest BCUT2D eigenvalue weighted by molar-refractivity contribution is 0.149. The van der Waals surface area contributed by atoms with Crippen LogP contribution in [0.2, 0.25) is 0 Å². The van der Waals surface area contributed by atoms with Crippen LogP contribution < -0.4 is 4.72 Å². The van der Waals surface area contributed by atoms with E-state index >= 15 is 0 Å². The van der Waals surface area contributed by atoms with Gasteiger partial charge in [0, 0.05) is 24.9 Å². The Morgan fingerprint density at radius 2 is 2.28 bits per heavy atom. The number of halogens is 1. The number of hydrogen-bond donors (Lipinski definition) is 2. The van der Waals surface area contributed by atoms with Gasteiger partial charge in [0.1, 0.15) is 5.82 Å². The molecule has 1 heterocycles. The summed E-state index contributed by atoms with van der Waals surface area (Å²) < 4.78 is 31.4. The molecule has 0 bridgehead atoms. The van der Waals surface area contributed by atoms with Gasteiger partial charge in [-0.05, 0) is 6.42 Å². The van der Waals surface area contributed by atoms with E-state index in [2.05, 4.69) is 30.6 Å². The number of aromatic nitrogens is 2. The summed E-state index contributed by atoms with van der Waals surface area (Å²) in [6.45, 7) is 3.43. The maximum absolute atomic E-state index is 11.8. The van der Waals surface area contributed by atoms with Gasteiger partial charge in [0.15, 0.2) is 5.03 Å². The minimum atomic E-state index is -3.48. The van der Waals surface area contributed by atoms with E-state index in [1.54, 1.807) is 0 Å². The first kappa shape index (κ1) is 15.6. The van der Waals surface area contributed by atoms with Crippen LogP contribution in [0.4, 0.5) is 0 Å². The largest absolute Gasteiger partial charge is 0.381 e. The zero-order valence-corrected chi connectivity index (χ0v) is 12.7. The van der Waals surface area contributed by atoms with Gasteiger partial charge in [0.2, 0.25) is 0 Å². The molecule has 0 aliphatic rings. The van der Waals surface area contributed by atoms with Gasteiger partial charge in [-0.25, -0.2) is 18.1 Å². The summed E-state index contributed by atoms with van der Waals surface area (Å²) in [5.74, 6) is 0.663. The molecule has 0 atom stereocenters. The van der Waals surface area contributed by atoms with Gasteiger partial charge < -0.3 is 9.72 Å². The molecule has 1 rings (SSSR count). The van der Waals surface area contributed by atoms with Gasteiger partial charge in [-0.15, -0.1) is 0 Å². The van der Waals surface area contributed by atoms with Crippen LogP contribution >= 0.6 is 15.9 Å². The molecule has 0 spiro atoms. The second kappa shape index (κ2) is 7.88. The molecule has 0 radical (unpaired) electrons. The Balaban J connectivity index is 2.36. The van der Waals surface area contributed by atoms with E-state index in [0.717, 1.165) is 5.33 Å². The highest BCUT2D eigenvalue weighted by Crippen LogP contribution is 2.05. The number of aryl methyl sites for hydroxylation is 1. The Hall–Kier alpha value is -0.440. The van der Waals surface area contributed by atoms with Crippen molar-refractivity contribution in [3.8, 4) is 0 Å². The molecule has 0 aromatic carbocycles. The normalized spacial score (nSPS) is 11.9. The summed E-state index contributed by atoms with van der Waals surface area (Å²) >= 11 is 3.24. The number of nitrogens with one attached hydrogen (secondary N) is 2. The van der Waals surface area contributed by atoms with Crippen molar-refractivity contribution in [2.45, 2.75) is 24.8 Å². The van der Waals surface area contributed by atoms with E-state index in [-0.39, 0.29) is 5.03 Å². The maximum Gasteiger partial charge on any atom is 0.257 e. The van der Waals surface area contributed by atoms with Crippen molar-refractivity contribution < 1.29 is 13.2 Å². The fourth-order valence-electron chi connectivity index (χ4n) is 1.27. The molecule has 8 heteroatoms. The summed E-state index contributed by atoms with van der Waals surface area (Å²) in [5.41, 5.74) is 0. The number of alkyl halides is 1. The van der Waals surface area contributed by atoms with E-state index in [1.807, 2.05) is 6.92 Å². The van der Waals surface area contributed by atoms with Crippen LogP contribution in [-0.4, -0.2) is 43.5 Å². The predicted molar refractivity (Wildman–Crippen MR) is 72.4 cm³/mol. The van der Waals surface area contributed by atoms with Gasteiger partial charge in [0.05, 0.1) is 12.8 Å². The molecule has 0 aliphatic heterocycles. The third-order valence-corrected chi connectivity index (χ3v) is 3.90. The lowest BCUT2D eigenvalue weighted by Gasteiger charge is -2.05. The lowest BCUT2D eigenvalue weighted by Crippen LogP contribution is -2.26. The minimum absolute atomic E-state index is 0.112. The molecule has 2 N–H and O–H groups in total. The minimum Gasteiger partial charge on any atom is -0.381 e. The Kier molecular flexibility index (Phi) is 6.83. The SMILES string of the molecule is CCc1ncc(S(=O)(=O)NCCCOCCBr)[nH]1. The molecule has 0 saturated heterocycles. The summed E-state index contributed by atoms with van der Waals surface area (Å²) in [7, 11) is -3.48. The Labute approximate surface area is 116 Å². The quantitative estimate of drug-likeness (QED) is 0.520. The first-order valence-corrected chi connectivity index (χ1v) is 8.38. The van der Waals surface area contributed by atoms with Gasteiger partial charge >= 0.3 is 0 Å². The van der Waals surface area contributed by atoms with Crippen molar-refractivity contribution >= 4 is 26.0 Å². The van der Waals surface area contributed by atoms with Crippen molar-refractivity contribution in [1.29, 1.82) is 0 Å². The van der Waals surface area contributed by atoms with Gasteiger partial charge in [-0.3, -0.25) is 0 Å². The fourth-order valence-corrected chi connectivity index (χ4v) is 2.52. The number of H-pyrrole nitrogens is 1. The molecule has 0 fully saturated rings. The van der Waals surface area contributed by atoms with Gasteiger partial charge in [0.25, 0.3) is 10.0 Å². The molecule has 18 heavy (non-hydrogen) atoms.